The molecule has 1 aliphatic carbocycles. The lowest BCUT2D eigenvalue weighted by molar-refractivity contribution is -0.119. The summed E-state index contributed by atoms with van der Waals surface area (Å²) < 4.78 is 5.60. The number of benzene rings is 1. The van der Waals surface area contributed by atoms with E-state index in [9.17, 15) is 4.79 Å². The Morgan fingerprint density at radius 1 is 1.19 bits per heavy atom. The lowest BCUT2D eigenvalue weighted by Crippen LogP contribution is -2.20. The van der Waals surface area contributed by atoms with Gasteiger partial charge in [0.15, 0.2) is 0 Å². The van der Waals surface area contributed by atoms with E-state index < -0.39 is 0 Å². The van der Waals surface area contributed by atoms with Crippen molar-refractivity contribution >= 4 is 11.6 Å². The van der Waals surface area contributed by atoms with E-state index in [2.05, 4.69) is 15.5 Å². The molecule has 1 aromatic carbocycles. The summed E-state index contributed by atoms with van der Waals surface area (Å²) in [6.07, 6.45) is 5.86. The third-order valence-corrected chi connectivity index (χ3v) is 3.60. The van der Waals surface area contributed by atoms with Gasteiger partial charge < -0.3 is 10.1 Å². The first kappa shape index (κ1) is 13.5. The van der Waals surface area contributed by atoms with Crippen molar-refractivity contribution in [1.82, 2.24) is 10.2 Å². The summed E-state index contributed by atoms with van der Waals surface area (Å²) in [6.45, 7) is 0. The molecule has 1 saturated carbocycles. The highest BCUT2D eigenvalue weighted by Gasteiger charge is 2.22. The van der Waals surface area contributed by atoms with Crippen molar-refractivity contribution < 1.29 is 9.53 Å². The molecule has 5 nitrogen and oxygen atoms in total. The van der Waals surface area contributed by atoms with Gasteiger partial charge in [0.25, 0.3) is 0 Å². The van der Waals surface area contributed by atoms with Crippen LogP contribution in [-0.4, -0.2) is 16.1 Å². The van der Waals surface area contributed by atoms with Gasteiger partial charge >= 0.3 is 0 Å². The largest absolute Gasteiger partial charge is 0.437 e. The summed E-state index contributed by atoms with van der Waals surface area (Å²) in [4.78, 5) is 12.1. The minimum absolute atomic E-state index is 0.101. The van der Waals surface area contributed by atoms with E-state index in [0.717, 1.165) is 31.4 Å². The Balaban J connectivity index is 1.66. The molecule has 0 unspecified atom stereocenters. The predicted molar refractivity (Wildman–Crippen MR) is 79.1 cm³/mol. The molecule has 2 aromatic rings. The van der Waals surface area contributed by atoms with Crippen molar-refractivity contribution in [2.45, 2.75) is 25.7 Å². The zero-order valence-electron chi connectivity index (χ0n) is 11.7. The van der Waals surface area contributed by atoms with Crippen molar-refractivity contribution in [3.05, 3.63) is 42.6 Å². The van der Waals surface area contributed by atoms with Crippen LogP contribution in [0.15, 0.2) is 42.6 Å². The van der Waals surface area contributed by atoms with Crippen LogP contribution in [0, 0.1) is 5.92 Å². The topological polar surface area (TPSA) is 64.1 Å². The van der Waals surface area contributed by atoms with Gasteiger partial charge in [-0.05, 0) is 31.0 Å². The Kier molecular flexibility index (Phi) is 4.09. The van der Waals surface area contributed by atoms with Crippen LogP contribution in [0.5, 0.6) is 11.6 Å². The second-order valence-electron chi connectivity index (χ2n) is 5.16. The highest BCUT2D eigenvalue weighted by Crippen LogP contribution is 2.27. The van der Waals surface area contributed by atoms with Crippen LogP contribution in [0.25, 0.3) is 0 Å². The fourth-order valence-electron chi connectivity index (χ4n) is 2.53. The number of rotatable bonds is 4. The molecule has 108 valence electrons. The Hall–Kier alpha value is -2.43. The quantitative estimate of drug-likeness (QED) is 0.934. The Morgan fingerprint density at radius 3 is 2.81 bits per heavy atom. The normalized spacial score (nSPS) is 14.9. The number of nitrogens with one attached hydrogen (secondary N) is 1. The summed E-state index contributed by atoms with van der Waals surface area (Å²) in [5.41, 5.74) is 0.744. The summed E-state index contributed by atoms with van der Waals surface area (Å²) in [7, 11) is 0. The minimum Gasteiger partial charge on any atom is -0.437 e. The molecule has 1 fully saturated rings. The summed E-state index contributed by atoms with van der Waals surface area (Å²) in [5.74, 6) is 1.30. The first-order valence-electron chi connectivity index (χ1n) is 7.18. The SMILES string of the molecule is O=C(Nc1cccc(Oc2cccnn2)c1)C1CCCC1. The van der Waals surface area contributed by atoms with Crippen LogP contribution in [-0.2, 0) is 4.79 Å². The molecule has 1 aromatic heterocycles. The monoisotopic (exact) mass is 283 g/mol. The van der Waals surface area contributed by atoms with Gasteiger partial charge in [0.05, 0.1) is 0 Å². The van der Waals surface area contributed by atoms with Gasteiger partial charge in [-0.25, -0.2) is 0 Å². The van der Waals surface area contributed by atoms with Crippen molar-refractivity contribution in [2.24, 2.45) is 5.92 Å². The van der Waals surface area contributed by atoms with Crippen molar-refractivity contribution in [3.63, 3.8) is 0 Å². The van der Waals surface area contributed by atoms with Crippen LogP contribution >= 0.6 is 0 Å². The van der Waals surface area contributed by atoms with E-state index in [1.165, 1.54) is 0 Å². The molecule has 3 rings (SSSR count). The van der Waals surface area contributed by atoms with E-state index >= 15 is 0 Å². The van der Waals surface area contributed by atoms with Gasteiger partial charge in [0, 0.05) is 29.9 Å². The molecule has 0 saturated heterocycles. The second kappa shape index (κ2) is 6.35. The third kappa shape index (κ3) is 3.56. The van der Waals surface area contributed by atoms with Gasteiger partial charge in [-0.1, -0.05) is 18.9 Å². The lowest BCUT2D eigenvalue weighted by atomic mass is 10.1. The minimum atomic E-state index is 0.101. The van der Waals surface area contributed by atoms with Crippen molar-refractivity contribution in [1.29, 1.82) is 0 Å². The van der Waals surface area contributed by atoms with Crippen molar-refractivity contribution in [3.8, 4) is 11.6 Å². The summed E-state index contributed by atoms with van der Waals surface area (Å²) in [5, 5.41) is 10.6. The predicted octanol–water partition coefficient (Wildman–Crippen LogP) is 3.40. The Labute approximate surface area is 123 Å². The zero-order valence-corrected chi connectivity index (χ0v) is 11.7. The first-order valence-corrected chi connectivity index (χ1v) is 7.18. The van der Waals surface area contributed by atoms with Gasteiger partial charge in [0.2, 0.25) is 11.8 Å². The summed E-state index contributed by atoms with van der Waals surface area (Å²) in [6, 6.07) is 10.8. The van der Waals surface area contributed by atoms with Gasteiger partial charge in [0.1, 0.15) is 5.75 Å². The standard InChI is InChI=1S/C16H17N3O2/c20-16(12-5-1-2-6-12)18-13-7-3-8-14(11-13)21-15-9-4-10-17-19-15/h3-4,7-12H,1-2,5-6H2,(H,18,20). The molecule has 0 spiro atoms. The zero-order chi connectivity index (χ0) is 14.5. The molecule has 5 heteroatoms. The number of aromatic nitrogens is 2. The molecule has 0 bridgehead atoms. The van der Waals surface area contributed by atoms with Crippen LogP contribution in [0.1, 0.15) is 25.7 Å². The van der Waals surface area contributed by atoms with Gasteiger partial charge in [-0.15, -0.1) is 5.10 Å². The van der Waals surface area contributed by atoms with E-state index in [0.29, 0.717) is 11.6 Å². The van der Waals surface area contributed by atoms with Crippen LogP contribution in [0.4, 0.5) is 5.69 Å². The molecular formula is C16H17N3O2. The Morgan fingerprint density at radius 2 is 2.05 bits per heavy atom. The average molecular weight is 283 g/mol. The maximum Gasteiger partial charge on any atom is 0.238 e. The smallest absolute Gasteiger partial charge is 0.238 e. The number of anilines is 1. The maximum atomic E-state index is 12.1. The molecule has 1 heterocycles. The summed E-state index contributed by atoms with van der Waals surface area (Å²) >= 11 is 0. The molecule has 1 N–H and O–H groups in total. The average Bonchev–Trinajstić information content (AvgIpc) is 3.03. The second-order valence-corrected chi connectivity index (χ2v) is 5.16. The Bertz CT molecular complexity index is 610. The van der Waals surface area contributed by atoms with Crippen LogP contribution in [0.2, 0.25) is 0 Å². The molecular weight excluding hydrogens is 266 g/mol. The van der Waals surface area contributed by atoms with E-state index in [1.807, 2.05) is 18.2 Å². The number of amides is 1. The number of carbonyl (C=O) groups excluding carboxylic acids is 1. The van der Waals surface area contributed by atoms with Crippen molar-refractivity contribution in [2.75, 3.05) is 5.32 Å². The first-order chi connectivity index (χ1) is 10.3. The molecule has 0 radical (unpaired) electrons. The van der Waals surface area contributed by atoms with E-state index in [-0.39, 0.29) is 11.8 Å². The molecule has 1 amide bonds. The number of hydrogen-bond donors (Lipinski definition) is 1. The van der Waals surface area contributed by atoms with Crippen LogP contribution in [0.3, 0.4) is 0 Å². The maximum absolute atomic E-state index is 12.1. The molecule has 0 atom stereocenters. The molecule has 1 aliphatic rings. The number of ether oxygens (including phenoxy) is 1. The highest BCUT2D eigenvalue weighted by atomic mass is 16.5. The van der Waals surface area contributed by atoms with E-state index in [1.54, 1.807) is 24.4 Å². The third-order valence-electron chi connectivity index (χ3n) is 3.60. The highest BCUT2D eigenvalue weighted by molar-refractivity contribution is 5.92. The fraction of sp³-hybridized carbons (Fsp3) is 0.312. The lowest BCUT2D eigenvalue weighted by Gasteiger charge is -2.11. The molecule has 0 aliphatic heterocycles. The number of carbonyl (C=O) groups is 1. The van der Waals surface area contributed by atoms with E-state index in [4.69, 9.17) is 4.74 Å². The fourth-order valence-corrected chi connectivity index (χ4v) is 2.53. The number of nitrogens with zero attached hydrogens (tertiary/aromatic N) is 2. The van der Waals surface area contributed by atoms with Gasteiger partial charge in [-0.2, -0.15) is 5.10 Å². The molecule has 21 heavy (non-hydrogen) atoms. The van der Waals surface area contributed by atoms with Crippen LogP contribution < -0.4 is 10.1 Å². The number of hydrogen-bond acceptors (Lipinski definition) is 4. The van der Waals surface area contributed by atoms with Gasteiger partial charge in [-0.3, -0.25) is 4.79 Å².